The van der Waals surface area contributed by atoms with Gasteiger partial charge in [-0.25, -0.2) is 4.79 Å². The van der Waals surface area contributed by atoms with E-state index in [2.05, 4.69) is 41.6 Å². The van der Waals surface area contributed by atoms with Crippen molar-refractivity contribution < 1.29 is 28.9 Å². The van der Waals surface area contributed by atoms with Crippen LogP contribution in [-0.4, -0.2) is 91.6 Å². The standard InChI is InChI=1S/C34H52N4O6/c1-23(2)35-34(41)36-28-13-16-31-30(18-28)33(40)38(25(4)22-39)19-24(3)32(43-17-9-8-10-26(5)44-31)21-37(6)20-27-11-14-29(42-7)15-12-27/h11-16,18,23-26,32,39H,8-10,17,19-22H2,1-7H3,(H2,35,36,41)/t24-,25-,26-,32+/m1/s1. The summed E-state index contributed by atoms with van der Waals surface area (Å²) < 4.78 is 18.1. The first kappa shape index (κ1) is 35.1. The number of nitrogens with one attached hydrogen (secondary N) is 2. The number of anilines is 1. The number of aliphatic hydroxyl groups excluding tert-OH is 1. The number of likely N-dealkylation sites (N-methyl/N-ethyl adjacent to an activating group) is 1. The summed E-state index contributed by atoms with van der Waals surface area (Å²) >= 11 is 0. The van der Waals surface area contributed by atoms with E-state index >= 15 is 0 Å². The minimum absolute atomic E-state index is 0.0318. The first-order valence-electron chi connectivity index (χ1n) is 15.7. The molecule has 4 atom stereocenters. The van der Waals surface area contributed by atoms with Crippen LogP contribution in [0.3, 0.4) is 0 Å². The van der Waals surface area contributed by atoms with Crippen molar-refractivity contribution in [3.63, 3.8) is 0 Å². The molecule has 3 N–H and O–H groups in total. The highest BCUT2D eigenvalue weighted by atomic mass is 16.5. The van der Waals surface area contributed by atoms with Crippen molar-refractivity contribution in [1.29, 1.82) is 0 Å². The number of benzene rings is 2. The molecular weight excluding hydrogens is 560 g/mol. The van der Waals surface area contributed by atoms with E-state index in [1.807, 2.05) is 39.8 Å². The molecule has 0 fully saturated rings. The summed E-state index contributed by atoms with van der Waals surface area (Å²) in [6.45, 7) is 11.9. The Morgan fingerprint density at radius 3 is 2.52 bits per heavy atom. The number of hydrogen-bond acceptors (Lipinski definition) is 7. The average Bonchev–Trinajstić information content (AvgIpc) is 2.98. The highest BCUT2D eigenvalue weighted by molar-refractivity contribution is 5.99. The van der Waals surface area contributed by atoms with Gasteiger partial charge in [-0.2, -0.15) is 0 Å². The Labute approximate surface area is 263 Å². The number of rotatable bonds is 9. The second kappa shape index (κ2) is 17.2. The summed E-state index contributed by atoms with van der Waals surface area (Å²) in [5, 5.41) is 15.8. The molecule has 1 aliphatic heterocycles. The first-order valence-corrected chi connectivity index (χ1v) is 15.7. The number of carbonyl (C=O) groups excluding carboxylic acids is 2. The first-order chi connectivity index (χ1) is 21.0. The van der Waals surface area contributed by atoms with Gasteiger partial charge in [0.1, 0.15) is 11.5 Å². The van der Waals surface area contributed by atoms with Gasteiger partial charge in [0.05, 0.1) is 37.5 Å². The number of carbonyl (C=O) groups is 2. The number of aliphatic hydroxyl groups is 1. The highest BCUT2D eigenvalue weighted by Crippen LogP contribution is 2.28. The summed E-state index contributed by atoms with van der Waals surface area (Å²) in [7, 11) is 3.73. The van der Waals surface area contributed by atoms with Crippen molar-refractivity contribution in [2.75, 3.05) is 45.8 Å². The Kier molecular flexibility index (Phi) is 13.8. The van der Waals surface area contributed by atoms with Crippen molar-refractivity contribution in [2.24, 2.45) is 5.92 Å². The molecule has 244 valence electrons. The smallest absolute Gasteiger partial charge is 0.319 e. The van der Waals surface area contributed by atoms with Gasteiger partial charge in [-0.15, -0.1) is 0 Å². The van der Waals surface area contributed by atoms with Gasteiger partial charge in [0.25, 0.3) is 5.91 Å². The number of methoxy groups -OCH3 is 1. The van der Waals surface area contributed by atoms with Crippen molar-refractivity contribution in [1.82, 2.24) is 15.1 Å². The molecule has 44 heavy (non-hydrogen) atoms. The van der Waals surface area contributed by atoms with Gasteiger partial charge in [0, 0.05) is 43.9 Å². The zero-order chi connectivity index (χ0) is 32.2. The van der Waals surface area contributed by atoms with Crippen LogP contribution in [0.25, 0.3) is 0 Å². The number of amides is 3. The maximum atomic E-state index is 14.2. The maximum Gasteiger partial charge on any atom is 0.319 e. The lowest BCUT2D eigenvalue weighted by Gasteiger charge is -2.36. The molecule has 0 spiro atoms. The zero-order valence-electron chi connectivity index (χ0n) is 27.5. The lowest BCUT2D eigenvalue weighted by Crippen LogP contribution is -2.47. The van der Waals surface area contributed by atoms with Crippen LogP contribution < -0.4 is 20.1 Å². The number of hydrogen-bond donors (Lipinski definition) is 3. The van der Waals surface area contributed by atoms with E-state index in [1.54, 1.807) is 30.2 Å². The quantitative estimate of drug-likeness (QED) is 0.359. The molecule has 0 aliphatic carbocycles. The van der Waals surface area contributed by atoms with Crippen LogP contribution in [0.2, 0.25) is 0 Å². The van der Waals surface area contributed by atoms with Crippen molar-refractivity contribution in [2.45, 2.75) is 84.7 Å². The summed E-state index contributed by atoms with van der Waals surface area (Å²) in [6.07, 6.45) is 2.37. The predicted octanol–water partition coefficient (Wildman–Crippen LogP) is 5.15. The van der Waals surface area contributed by atoms with Crippen molar-refractivity contribution >= 4 is 17.6 Å². The van der Waals surface area contributed by atoms with Crippen LogP contribution in [0.1, 0.15) is 69.8 Å². The molecule has 1 aliphatic rings. The number of nitrogens with zero attached hydrogens (tertiary/aromatic N) is 2. The largest absolute Gasteiger partial charge is 0.497 e. The molecular formula is C34H52N4O6. The maximum absolute atomic E-state index is 14.2. The lowest BCUT2D eigenvalue weighted by molar-refractivity contribution is -0.0177. The second-order valence-electron chi connectivity index (χ2n) is 12.3. The van der Waals surface area contributed by atoms with E-state index in [0.717, 1.165) is 31.6 Å². The van der Waals surface area contributed by atoms with E-state index in [9.17, 15) is 14.7 Å². The third-order valence-electron chi connectivity index (χ3n) is 7.83. The summed E-state index contributed by atoms with van der Waals surface area (Å²) in [5.41, 5.74) is 2.00. The fourth-order valence-electron chi connectivity index (χ4n) is 5.31. The Hall–Kier alpha value is -3.34. The molecule has 0 bridgehead atoms. The Bertz CT molecular complexity index is 1190. The van der Waals surface area contributed by atoms with Crippen LogP contribution in [0.4, 0.5) is 10.5 Å². The third kappa shape index (κ3) is 10.7. The topological polar surface area (TPSA) is 113 Å². The van der Waals surface area contributed by atoms with Gasteiger partial charge in [-0.05, 0) is 89.9 Å². The van der Waals surface area contributed by atoms with Gasteiger partial charge in [0.15, 0.2) is 0 Å². The SMILES string of the molecule is COc1ccc(CN(C)C[C@@H]2OCCCC[C@@H](C)Oc3ccc(NC(=O)NC(C)C)cc3C(=O)N([C@H](C)CO)C[C@H]2C)cc1. The molecule has 1 heterocycles. The van der Waals surface area contributed by atoms with Gasteiger partial charge < -0.3 is 34.9 Å². The molecule has 0 aromatic heterocycles. The van der Waals surface area contributed by atoms with E-state index in [0.29, 0.717) is 36.7 Å². The van der Waals surface area contributed by atoms with Crippen molar-refractivity contribution in [3.8, 4) is 11.5 Å². The van der Waals surface area contributed by atoms with Gasteiger partial charge in [-0.1, -0.05) is 19.1 Å². The minimum atomic E-state index is -0.443. The average molecular weight is 613 g/mol. The van der Waals surface area contributed by atoms with Gasteiger partial charge in [0.2, 0.25) is 0 Å². The lowest BCUT2D eigenvalue weighted by atomic mass is 10.0. The molecule has 2 aromatic rings. The molecule has 0 unspecified atom stereocenters. The molecule has 0 saturated heterocycles. The second-order valence-corrected chi connectivity index (χ2v) is 12.3. The highest BCUT2D eigenvalue weighted by Gasteiger charge is 2.30. The van der Waals surface area contributed by atoms with Crippen LogP contribution in [0.15, 0.2) is 42.5 Å². The molecule has 10 heteroatoms. The summed E-state index contributed by atoms with van der Waals surface area (Å²) in [4.78, 5) is 30.6. The Morgan fingerprint density at radius 2 is 1.86 bits per heavy atom. The van der Waals surface area contributed by atoms with E-state index in [-0.39, 0.29) is 42.7 Å². The van der Waals surface area contributed by atoms with Crippen LogP contribution >= 0.6 is 0 Å². The van der Waals surface area contributed by atoms with Gasteiger partial charge in [-0.3, -0.25) is 9.69 Å². The van der Waals surface area contributed by atoms with Crippen molar-refractivity contribution in [3.05, 3.63) is 53.6 Å². The number of urea groups is 1. The van der Waals surface area contributed by atoms with Crippen LogP contribution in [0.5, 0.6) is 11.5 Å². The van der Waals surface area contributed by atoms with E-state index in [1.165, 1.54) is 5.56 Å². The Balaban J connectivity index is 1.88. The molecule has 0 saturated carbocycles. The van der Waals surface area contributed by atoms with Crippen LogP contribution in [-0.2, 0) is 11.3 Å². The molecule has 3 amide bonds. The molecule has 2 aromatic carbocycles. The summed E-state index contributed by atoms with van der Waals surface area (Å²) in [6, 6.07) is 12.4. The van der Waals surface area contributed by atoms with E-state index in [4.69, 9.17) is 14.2 Å². The summed E-state index contributed by atoms with van der Waals surface area (Å²) in [5.74, 6) is 0.987. The van der Waals surface area contributed by atoms with Gasteiger partial charge >= 0.3 is 6.03 Å². The molecule has 3 rings (SSSR count). The normalized spacial score (nSPS) is 20.8. The third-order valence-corrected chi connectivity index (χ3v) is 7.83. The minimum Gasteiger partial charge on any atom is -0.497 e. The monoisotopic (exact) mass is 612 g/mol. The van der Waals surface area contributed by atoms with Crippen LogP contribution in [0, 0.1) is 5.92 Å². The molecule has 10 nitrogen and oxygen atoms in total. The fourth-order valence-corrected chi connectivity index (χ4v) is 5.31. The number of ether oxygens (including phenoxy) is 3. The zero-order valence-corrected chi connectivity index (χ0v) is 27.5. The van der Waals surface area contributed by atoms with E-state index < -0.39 is 6.04 Å². The molecule has 0 radical (unpaired) electrons. The number of fused-ring (bicyclic) bond motifs is 1. The Morgan fingerprint density at radius 1 is 1.14 bits per heavy atom. The fraction of sp³-hybridized carbons (Fsp3) is 0.588. The predicted molar refractivity (Wildman–Crippen MR) is 173 cm³/mol.